The van der Waals surface area contributed by atoms with Crippen LogP contribution in [0, 0.1) is 6.92 Å². The van der Waals surface area contributed by atoms with E-state index in [1.165, 1.54) is 0 Å². The smallest absolute Gasteiger partial charge is 0.222 e. The molecule has 21 heavy (non-hydrogen) atoms. The van der Waals surface area contributed by atoms with E-state index in [1.807, 2.05) is 37.3 Å². The number of rotatable bonds is 6. The molecule has 1 aromatic heterocycles. The molecule has 5 heteroatoms. The third kappa shape index (κ3) is 5.08. The van der Waals surface area contributed by atoms with Crippen molar-refractivity contribution in [3.63, 3.8) is 0 Å². The molecule has 0 saturated carbocycles. The van der Waals surface area contributed by atoms with Gasteiger partial charge in [-0.25, -0.2) is 0 Å². The predicted octanol–water partition coefficient (Wildman–Crippen LogP) is 3.16. The van der Waals surface area contributed by atoms with Crippen LogP contribution in [-0.2, 0) is 11.3 Å². The van der Waals surface area contributed by atoms with Gasteiger partial charge in [-0.3, -0.25) is 9.78 Å². The van der Waals surface area contributed by atoms with Gasteiger partial charge in [0.25, 0.3) is 0 Å². The van der Waals surface area contributed by atoms with Crippen molar-refractivity contribution in [2.24, 2.45) is 0 Å². The van der Waals surface area contributed by atoms with Gasteiger partial charge in [0.1, 0.15) is 0 Å². The number of nitrogens with one attached hydrogen (secondary N) is 2. The largest absolute Gasteiger partial charge is 0.384 e. The standard InChI is InChI=1S/C16H18ClN3O/c1-12-4-5-14(9-15(12)17)19-8-6-16(21)20-11-13-3-2-7-18-10-13/h2-5,7,9-10,19H,6,8,11H2,1H3,(H,20,21). The molecule has 2 N–H and O–H groups in total. The summed E-state index contributed by atoms with van der Waals surface area (Å²) in [7, 11) is 0. The van der Waals surface area contributed by atoms with E-state index in [-0.39, 0.29) is 5.91 Å². The van der Waals surface area contributed by atoms with E-state index >= 15 is 0 Å². The van der Waals surface area contributed by atoms with Gasteiger partial charge in [-0.2, -0.15) is 0 Å². The topological polar surface area (TPSA) is 54.0 Å². The number of carbonyl (C=O) groups excluding carboxylic acids is 1. The SMILES string of the molecule is Cc1ccc(NCCC(=O)NCc2cccnc2)cc1Cl. The fraction of sp³-hybridized carbons (Fsp3) is 0.250. The Morgan fingerprint density at radius 1 is 1.33 bits per heavy atom. The number of halogens is 1. The second-order valence-corrected chi connectivity index (χ2v) is 5.19. The van der Waals surface area contributed by atoms with Crippen LogP contribution in [0.25, 0.3) is 0 Å². The average Bonchev–Trinajstić information content (AvgIpc) is 2.50. The van der Waals surface area contributed by atoms with Gasteiger partial charge < -0.3 is 10.6 Å². The van der Waals surface area contributed by atoms with E-state index in [0.29, 0.717) is 19.5 Å². The summed E-state index contributed by atoms with van der Waals surface area (Å²) in [6.45, 7) is 3.03. The highest BCUT2D eigenvalue weighted by molar-refractivity contribution is 6.31. The highest BCUT2D eigenvalue weighted by Gasteiger charge is 2.02. The number of nitrogens with zero attached hydrogens (tertiary/aromatic N) is 1. The molecule has 110 valence electrons. The van der Waals surface area contributed by atoms with E-state index in [0.717, 1.165) is 21.8 Å². The molecule has 1 aromatic carbocycles. The van der Waals surface area contributed by atoms with Crippen LogP contribution >= 0.6 is 11.6 Å². The normalized spacial score (nSPS) is 10.2. The summed E-state index contributed by atoms with van der Waals surface area (Å²) in [5, 5.41) is 6.77. The lowest BCUT2D eigenvalue weighted by molar-refractivity contribution is -0.121. The molecule has 0 bridgehead atoms. The fourth-order valence-electron chi connectivity index (χ4n) is 1.81. The third-order valence-electron chi connectivity index (χ3n) is 3.07. The van der Waals surface area contributed by atoms with Crippen molar-refractivity contribution < 1.29 is 4.79 Å². The zero-order valence-corrected chi connectivity index (χ0v) is 12.7. The van der Waals surface area contributed by atoms with Gasteiger partial charge in [0.15, 0.2) is 0 Å². The number of aromatic nitrogens is 1. The lowest BCUT2D eigenvalue weighted by Crippen LogP contribution is -2.24. The van der Waals surface area contributed by atoms with Gasteiger partial charge in [-0.05, 0) is 36.2 Å². The van der Waals surface area contributed by atoms with Gasteiger partial charge in [-0.1, -0.05) is 23.7 Å². The number of carbonyl (C=O) groups is 1. The molecule has 0 aliphatic heterocycles. The maximum absolute atomic E-state index is 11.7. The quantitative estimate of drug-likeness (QED) is 0.862. The van der Waals surface area contributed by atoms with Gasteiger partial charge in [0.2, 0.25) is 5.91 Å². The number of hydrogen-bond donors (Lipinski definition) is 2. The molecule has 1 amide bonds. The summed E-state index contributed by atoms with van der Waals surface area (Å²) in [5.74, 6) is 0.00422. The molecule has 1 heterocycles. The second-order valence-electron chi connectivity index (χ2n) is 4.78. The van der Waals surface area contributed by atoms with E-state index in [9.17, 15) is 4.79 Å². The van der Waals surface area contributed by atoms with Crippen molar-refractivity contribution in [2.75, 3.05) is 11.9 Å². The number of anilines is 1. The molecule has 0 aliphatic carbocycles. The highest BCUT2D eigenvalue weighted by Crippen LogP contribution is 2.19. The lowest BCUT2D eigenvalue weighted by atomic mass is 10.2. The van der Waals surface area contributed by atoms with Crippen molar-refractivity contribution in [3.8, 4) is 0 Å². The van der Waals surface area contributed by atoms with Crippen molar-refractivity contribution in [2.45, 2.75) is 19.9 Å². The number of hydrogen-bond acceptors (Lipinski definition) is 3. The molecule has 0 saturated heterocycles. The molecule has 0 spiro atoms. The van der Waals surface area contributed by atoms with Crippen molar-refractivity contribution in [1.29, 1.82) is 0 Å². The Balaban J connectivity index is 1.70. The van der Waals surface area contributed by atoms with E-state index < -0.39 is 0 Å². The van der Waals surface area contributed by atoms with Crippen LogP contribution in [0.5, 0.6) is 0 Å². The summed E-state index contributed by atoms with van der Waals surface area (Å²) in [6.07, 6.45) is 3.86. The Morgan fingerprint density at radius 2 is 2.19 bits per heavy atom. The number of pyridine rings is 1. The van der Waals surface area contributed by atoms with Gasteiger partial charge >= 0.3 is 0 Å². The third-order valence-corrected chi connectivity index (χ3v) is 3.47. The number of amides is 1. The van der Waals surface area contributed by atoms with Crippen LogP contribution in [-0.4, -0.2) is 17.4 Å². The minimum Gasteiger partial charge on any atom is -0.384 e. The van der Waals surface area contributed by atoms with E-state index in [1.54, 1.807) is 12.4 Å². The molecular formula is C16H18ClN3O. The minimum atomic E-state index is 0.00422. The molecule has 0 atom stereocenters. The molecule has 0 aliphatic rings. The maximum Gasteiger partial charge on any atom is 0.222 e. The van der Waals surface area contributed by atoms with Gasteiger partial charge in [-0.15, -0.1) is 0 Å². The first-order valence-electron chi connectivity index (χ1n) is 6.81. The lowest BCUT2D eigenvalue weighted by Gasteiger charge is -2.08. The summed E-state index contributed by atoms with van der Waals surface area (Å²) < 4.78 is 0. The summed E-state index contributed by atoms with van der Waals surface area (Å²) in [4.78, 5) is 15.7. The Labute approximate surface area is 129 Å². The first kappa shape index (κ1) is 15.3. The fourth-order valence-corrected chi connectivity index (χ4v) is 2.00. The predicted molar refractivity (Wildman–Crippen MR) is 85.4 cm³/mol. The van der Waals surface area contributed by atoms with Crippen LogP contribution in [0.2, 0.25) is 5.02 Å². The van der Waals surface area contributed by atoms with E-state index in [4.69, 9.17) is 11.6 Å². The number of benzene rings is 1. The van der Waals surface area contributed by atoms with Crippen LogP contribution in [0.4, 0.5) is 5.69 Å². The first-order chi connectivity index (χ1) is 10.1. The number of aryl methyl sites for hydroxylation is 1. The van der Waals surface area contributed by atoms with Crippen LogP contribution in [0.15, 0.2) is 42.7 Å². The van der Waals surface area contributed by atoms with Gasteiger partial charge in [0.05, 0.1) is 0 Å². The monoisotopic (exact) mass is 303 g/mol. The van der Waals surface area contributed by atoms with E-state index in [2.05, 4.69) is 15.6 Å². The zero-order chi connectivity index (χ0) is 15.1. The molecular weight excluding hydrogens is 286 g/mol. The summed E-state index contributed by atoms with van der Waals surface area (Å²) >= 11 is 6.05. The van der Waals surface area contributed by atoms with Crippen LogP contribution in [0.3, 0.4) is 0 Å². The van der Waals surface area contributed by atoms with Crippen LogP contribution < -0.4 is 10.6 Å². The Hall–Kier alpha value is -2.07. The Bertz CT molecular complexity index is 602. The molecule has 0 fully saturated rings. The van der Waals surface area contributed by atoms with Crippen LogP contribution in [0.1, 0.15) is 17.5 Å². The molecule has 2 rings (SSSR count). The Morgan fingerprint density at radius 3 is 2.90 bits per heavy atom. The molecule has 2 aromatic rings. The Kier molecular flexibility index (Phi) is 5.58. The average molecular weight is 304 g/mol. The zero-order valence-electron chi connectivity index (χ0n) is 11.9. The van der Waals surface area contributed by atoms with Crippen molar-refractivity contribution in [3.05, 3.63) is 58.9 Å². The summed E-state index contributed by atoms with van der Waals surface area (Å²) in [5.41, 5.74) is 2.95. The molecule has 0 unspecified atom stereocenters. The summed E-state index contributed by atoms with van der Waals surface area (Å²) in [6, 6.07) is 9.55. The second kappa shape index (κ2) is 7.64. The molecule has 4 nitrogen and oxygen atoms in total. The van der Waals surface area contributed by atoms with Crippen molar-refractivity contribution in [1.82, 2.24) is 10.3 Å². The van der Waals surface area contributed by atoms with Gasteiger partial charge in [0, 0.05) is 42.6 Å². The highest BCUT2D eigenvalue weighted by atomic mass is 35.5. The molecule has 0 radical (unpaired) electrons. The first-order valence-corrected chi connectivity index (χ1v) is 7.18. The maximum atomic E-state index is 11.7. The van der Waals surface area contributed by atoms with Crippen molar-refractivity contribution >= 4 is 23.2 Å². The minimum absolute atomic E-state index is 0.00422.